The molecule has 1 fully saturated rings. The third-order valence-corrected chi connectivity index (χ3v) is 3.19. The van der Waals surface area contributed by atoms with Crippen molar-refractivity contribution in [2.75, 3.05) is 0 Å². The van der Waals surface area contributed by atoms with Gasteiger partial charge in [0, 0.05) is 24.9 Å². The summed E-state index contributed by atoms with van der Waals surface area (Å²) in [5.74, 6) is -1.01. The summed E-state index contributed by atoms with van der Waals surface area (Å²) in [6, 6.07) is 0.494. The van der Waals surface area contributed by atoms with Crippen molar-refractivity contribution < 1.29 is 14.7 Å². The van der Waals surface area contributed by atoms with Gasteiger partial charge in [-0.05, 0) is 31.6 Å². The van der Waals surface area contributed by atoms with Crippen LogP contribution in [-0.2, 0) is 9.59 Å². The van der Waals surface area contributed by atoms with Gasteiger partial charge in [0.25, 0.3) is 0 Å². The average molecular weight is 242 g/mol. The van der Waals surface area contributed by atoms with Crippen LogP contribution in [0.5, 0.6) is 0 Å². The Morgan fingerprint density at radius 3 is 2.41 bits per heavy atom. The van der Waals surface area contributed by atoms with Crippen molar-refractivity contribution in [1.29, 1.82) is 0 Å². The van der Waals surface area contributed by atoms with Gasteiger partial charge in [0.15, 0.2) is 0 Å². The van der Waals surface area contributed by atoms with Crippen LogP contribution in [0.15, 0.2) is 0 Å². The van der Waals surface area contributed by atoms with E-state index in [1.54, 1.807) is 6.92 Å². The maximum atomic E-state index is 11.6. The summed E-state index contributed by atoms with van der Waals surface area (Å²) in [6.07, 6.45) is 4.10. The van der Waals surface area contributed by atoms with Gasteiger partial charge in [-0.2, -0.15) is 0 Å². The van der Waals surface area contributed by atoms with E-state index in [2.05, 4.69) is 5.32 Å². The Bertz CT molecular complexity index is 273. The monoisotopic (exact) mass is 242 g/mol. The van der Waals surface area contributed by atoms with Gasteiger partial charge in [-0.25, -0.2) is 0 Å². The van der Waals surface area contributed by atoms with Crippen LogP contribution in [0.4, 0.5) is 0 Å². The van der Waals surface area contributed by atoms with Crippen molar-refractivity contribution in [2.24, 2.45) is 11.7 Å². The molecule has 1 aliphatic carbocycles. The number of carbonyl (C=O) groups is 2. The zero-order valence-electron chi connectivity index (χ0n) is 10.3. The first-order valence-electron chi connectivity index (χ1n) is 6.24. The summed E-state index contributed by atoms with van der Waals surface area (Å²) in [4.78, 5) is 22.1. The smallest absolute Gasteiger partial charge is 0.303 e. The predicted molar refractivity (Wildman–Crippen MR) is 64.4 cm³/mol. The van der Waals surface area contributed by atoms with E-state index in [-0.39, 0.29) is 36.8 Å². The van der Waals surface area contributed by atoms with Gasteiger partial charge in [0.05, 0.1) is 0 Å². The molecule has 1 amide bonds. The highest BCUT2D eigenvalue weighted by Gasteiger charge is 2.21. The highest BCUT2D eigenvalue weighted by Crippen LogP contribution is 2.17. The minimum absolute atomic E-state index is 0.0424. The number of carboxylic acids is 1. The summed E-state index contributed by atoms with van der Waals surface area (Å²) in [6.45, 7) is 1.78. The number of carbonyl (C=O) groups excluding carboxylic acids is 1. The van der Waals surface area contributed by atoms with Gasteiger partial charge < -0.3 is 16.2 Å². The molecule has 1 atom stereocenters. The molecule has 5 heteroatoms. The first kappa shape index (κ1) is 14.0. The molecule has 0 bridgehead atoms. The predicted octanol–water partition coefficient (Wildman–Crippen LogP) is 0.873. The first-order valence-corrected chi connectivity index (χ1v) is 6.24. The van der Waals surface area contributed by atoms with E-state index < -0.39 is 5.97 Å². The van der Waals surface area contributed by atoms with Crippen LogP contribution in [0.2, 0.25) is 0 Å². The summed E-state index contributed by atoms with van der Waals surface area (Å²) < 4.78 is 0. The minimum atomic E-state index is -0.853. The number of carboxylic acid groups (broad SMARTS) is 1. The van der Waals surface area contributed by atoms with Gasteiger partial charge >= 0.3 is 5.97 Å². The maximum absolute atomic E-state index is 11.6. The number of amides is 1. The molecule has 0 heterocycles. The number of hydrogen-bond acceptors (Lipinski definition) is 3. The van der Waals surface area contributed by atoms with Gasteiger partial charge in [0.2, 0.25) is 5.91 Å². The molecule has 1 unspecified atom stereocenters. The zero-order chi connectivity index (χ0) is 12.8. The SMILES string of the molecule is CC(CC(=O)O)CC(=O)NC1CCC(N)CC1. The molecular formula is C12H22N2O3. The highest BCUT2D eigenvalue weighted by molar-refractivity contribution is 5.77. The second-order valence-electron chi connectivity index (χ2n) is 5.09. The Kier molecular flexibility index (Phi) is 5.41. The molecule has 4 N–H and O–H groups in total. The van der Waals surface area contributed by atoms with E-state index in [1.807, 2.05) is 0 Å². The van der Waals surface area contributed by atoms with Crippen molar-refractivity contribution in [1.82, 2.24) is 5.32 Å². The van der Waals surface area contributed by atoms with Crippen LogP contribution in [0, 0.1) is 5.92 Å². The van der Waals surface area contributed by atoms with Crippen LogP contribution in [0.1, 0.15) is 45.4 Å². The van der Waals surface area contributed by atoms with E-state index in [9.17, 15) is 9.59 Å². The van der Waals surface area contributed by atoms with Gasteiger partial charge in [0.1, 0.15) is 0 Å². The average Bonchev–Trinajstić information content (AvgIpc) is 2.19. The van der Waals surface area contributed by atoms with Gasteiger partial charge in [-0.1, -0.05) is 6.92 Å². The molecule has 0 radical (unpaired) electrons. The van der Waals surface area contributed by atoms with E-state index in [0.717, 1.165) is 25.7 Å². The topological polar surface area (TPSA) is 92.4 Å². The lowest BCUT2D eigenvalue weighted by atomic mass is 9.91. The van der Waals surface area contributed by atoms with E-state index in [1.165, 1.54) is 0 Å². The van der Waals surface area contributed by atoms with Crippen LogP contribution in [0.25, 0.3) is 0 Å². The van der Waals surface area contributed by atoms with Crippen molar-refractivity contribution in [3.8, 4) is 0 Å². The Morgan fingerprint density at radius 1 is 1.29 bits per heavy atom. The van der Waals surface area contributed by atoms with Crippen LogP contribution in [0.3, 0.4) is 0 Å². The fourth-order valence-corrected chi connectivity index (χ4v) is 2.24. The van der Waals surface area contributed by atoms with E-state index >= 15 is 0 Å². The Balaban J connectivity index is 2.22. The molecule has 0 aromatic carbocycles. The molecule has 1 rings (SSSR count). The van der Waals surface area contributed by atoms with Crippen LogP contribution < -0.4 is 11.1 Å². The fourth-order valence-electron chi connectivity index (χ4n) is 2.24. The van der Waals surface area contributed by atoms with Gasteiger partial charge in [-0.15, -0.1) is 0 Å². The number of nitrogens with one attached hydrogen (secondary N) is 1. The standard InChI is InChI=1S/C12H22N2O3/c1-8(7-12(16)17)6-11(15)14-10-4-2-9(13)3-5-10/h8-10H,2-7,13H2,1H3,(H,14,15)(H,16,17). The number of rotatable bonds is 5. The molecule has 1 aliphatic rings. The van der Waals surface area contributed by atoms with Crippen molar-refractivity contribution in [3.63, 3.8) is 0 Å². The molecule has 17 heavy (non-hydrogen) atoms. The molecule has 5 nitrogen and oxygen atoms in total. The number of aliphatic carboxylic acids is 1. The molecule has 0 saturated heterocycles. The largest absolute Gasteiger partial charge is 0.481 e. The van der Waals surface area contributed by atoms with Crippen molar-refractivity contribution >= 4 is 11.9 Å². The molecule has 0 aromatic heterocycles. The molecule has 1 saturated carbocycles. The second kappa shape index (κ2) is 6.59. The van der Waals surface area contributed by atoms with Gasteiger partial charge in [-0.3, -0.25) is 9.59 Å². The van der Waals surface area contributed by atoms with Crippen molar-refractivity contribution in [3.05, 3.63) is 0 Å². The lowest BCUT2D eigenvalue weighted by Gasteiger charge is -2.27. The molecule has 98 valence electrons. The summed E-state index contributed by atoms with van der Waals surface area (Å²) in [5, 5.41) is 11.6. The maximum Gasteiger partial charge on any atom is 0.303 e. The van der Waals surface area contributed by atoms with Crippen LogP contribution >= 0.6 is 0 Å². The zero-order valence-corrected chi connectivity index (χ0v) is 10.3. The molecule has 0 aliphatic heterocycles. The normalized spacial score (nSPS) is 26.2. The Labute approximate surface area is 102 Å². The highest BCUT2D eigenvalue weighted by atomic mass is 16.4. The molecule has 0 aromatic rings. The minimum Gasteiger partial charge on any atom is -0.481 e. The lowest BCUT2D eigenvalue weighted by Crippen LogP contribution is -2.40. The first-order chi connectivity index (χ1) is 7.97. The molecular weight excluding hydrogens is 220 g/mol. The Hall–Kier alpha value is -1.10. The number of nitrogens with two attached hydrogens (primary N) is 1. The van der Waals surface area contributed by atoms with E-state index in [4.69, 9.17) is 10.8 Å². The summed E-state index contributed by atoms with van der Waals surface area (Å²) in [7, 11) is 0. The molecule has 0 spiro atoms. The summed E-state index contributed by atoms with van der Waals surface area (Å²) >= 11 is 0. The third kappa shape index (κ3) is 5.68. The van der Waals surface area contributed by atoms with Crippen LogP contribution in [-0.4, -0.2) is 29.1 Å². The van der Waals surface area contributed by atoms with Crippen molar-refractivity contribution in [2.45, 2.75) is 57.5 Å². The number of hydrogen-bond donors (Lipinski definition) is 3. The Morgan fingerprint density at radius 2 is 1.88 bits per heavy atom. The fraction of sp³-hybridized carbons (Fsp3) is 0.833. The summed E-state index contributed by atoms with van der Waals surface area (Å²) in [5.41, 5.74) is 5.79. The second-order valence-corrected chi connectivity index (χ2v) is 5.09. The third-order valence-electron chi connectivity index (χ3n) is 3.19. The quantitative estimate of drug-likeness (QED) is 0.667. The van der Waals surface area contributed by atoms with E-state index in [0.29, 0.717) is 0 Å². The lowest BCUT2D eigenvalue weighted by molar-refractivity contribution is -0.138.